The van der Waals surface area contributed by atoms with Gasteiger partial charge in [0.1, 0.15) is 0 Å². The molecule has 0 aromatic heterocycles. The maximum atomic E-state index is 13.3. The Morgan fingerprint density at radius 1 is 0.429 bits per heavy atom. The van der Waals surface area contributed by atoms with Crippen molar-refractivity contribution in [2.75, 3.05) is 19.8 Å². The predicted octanol–water partition coefficient (Wildman–Crippen LogP) is 8.38. The van der Waals surface area contributed by atoms with Gasteiger partial charge in [-0.2, -0.15) is 0 Å². The summed E-state index contributed by atoms with van der Waals surface area (Å²) < 4.78 is 27.5. The summed E-state index contributed by atoms with van der Waals surface area (Å²) in [6, 6.07) is 0. The Bertz CT molecular complexity index is 250. The van der Waals surface area contributed by atoms with Crippen molar-refractivity contribution in [3.05, 3.63) is 0 Å². The van der Waals surface area contributed by atoms with E-state index in [1.807, 2.05) is 0 Å². The summed E-state index contributed by atoms with van der Waals surface area (Å²) in [6.07, 6.45) is 21.9. The molecule has 0 saturated carbocycles. The average molecular weight is 423 g/mol. The molecule has 0 unspecified atom stereocenters. The molecule has 0 radical (unpaired) electrons. The van der Waals surface area contributed by atoms with Crippen molar-refractivity contribution in [1.29, 1.82) is 0 Å². The van der Waals surface area contributed by atoms with Crippen molar-refractivity contribution in [2.24, 2.45) is 0 Å². The molecule has 0 saturated heterocycles. The number of halogens is 1. The molecular weight excluding hydrogens is 371 g/mol. The normalized spacial score (nSPS) is 11.4. The number of rotatable bonds is 20. The van der Waals surface area contributed by atoms with E-state index in [0.717, 1.165) is 0 Å². The van der Waals surface area contributed by atoms with E-state index in [1.165, 1.54) is 96.3 Å². The molecule has 0 fully saturated rings. The summed E-state index contributed by atoms with van der Waals surface area (Å²) >= 11 is 0. The summed E-state index contributed by atoms with van der Waals surface area (Å²) in [5.74, 6) is 0. The van der Waals surface area contributed by atoms with Crippen LogP contribution in [0.4, 0.5) is 4.11 Å². The molecule has 0 amide bonds. The van der Waals surface area contributed by atoms with Crippen LogP contribution >= 0.6 is 0 Å². The molecule has 0 atom stereocenters. The Morgan fingerprint density at radius 3 is 0.821 bits per heavy atom. The second kappa shape index (κ2) is 25.1. The van der Waals surface area contributed by atoms with Crippen molar-refractivity contribution in [1.82, 2.24) is 0 Å². The number of hydrogen-bond donors (Lipinski definition) is 0. The van der Waals surface area contributed by atoms with Crippen molar-refractivity contribution in [2.45, 2.75) is 131 Å². The minimum atomic E-state index is -3.75. The van der Waals surface area contributed by atoms with Gasteiger partial charge >= 0.3 is 9.14 Å². The second-order valence-corrected chi connectivity index (χ2v) is 9.21. The predicted molar refractivity (Wildman–Crippen MR) is 122 cm³/mol. The largest absolute Gasteiger partial charge is 0.720 e. The van der Waals surface area contributed by atoms with Gasteiger partial charge in [-0.25, -0.2) is 4.11 Å². The highest BCUT2D eigenvalue weighted by Gasteiger charge is 2.43. The Balaban J connectivity index is 0. The van der Waals surface area contributed by atoms with Crippen molar-refractivity contribution >= 4 is 9.14 Å². The second-order valence-electron chi connectivity index (χ2n) is 7.38. The van der Waals surface area contributed by atoms with E-state index in [-0.39, 0.29) is 19.8 Å². The summed E-state index contributed by atoms with van der Waals surface area (Å²) in [5, 5.41) is 0. The first-order valence-electron chi connectivity index (χ1n) is 12.2. The van der Waals surface area contributed by atoms with Crippen molar-refractivity contribution in [3.63, 3.8) is 0 Å². The van der Waals surface area contributed by atoms with E-state index in [1.54, 1.807) is 20.8 Å². The Kier molecular flexibility index (Phi) is 27.1. The lowest BCUT2D eigenvalue weighted by Gasteiger charge is -2.18. The fourth-order valence-corrected chi connectivity index (χ4v) is 4.37. The van der Waals surface area contributed by atoms with Crippen molar-refractivity contribution < 1.29 is 17.4 Å². The molecule has 5 heteroatoms. The van der Waals surface area contributed by atoms with Crippen LogP contribution < -0.4 is 0 Å². The average Bonchev–Trinajstić information content (AvgIpc) is 2.66. The molecule has 0 aliphatic heterocycles. The van der Waals surface area contributed by atoms with Crippen LogP contribution in [0.3, 0.4) is 0 Å². The summed E-state index contributed by atoms with van der Waals surface area (Å²) in [4.78, 5) is 0. The van der Waals surface area contributed by atoms with Gasteiger partial charge in [0.05, 0.1) is 0 Å². The van der Waals surface area contributed by atoms with Crippen LogP contribution in [0.25, 0.3) is 0 Å². The lowest BCUT2D eigenvalue weighted by Crippen LogP contribution is -2.41. The maximum Gasteiger partial charge on any atom is 0.720 e. The standard InChI is InChI=1S/C17H36.C6H15FO3Si/c1-3-5-7-9-11-13-15-17-16-14-12-10-8-6-4-2;1-4-8-11(7,9-5-2)10-6-3/h3-17H2,1-2H3;4-6H2,1-3H3. The summed E-state index contributed by atoms with van der Waals surface area (Å²) in [6.45, 7) is 10.5. The fourth-order valence-electron chi connectivity index (χ4n) is 3.09. The van der Waals surface area contributed by atoms with Gasteiger partial charge in [-0.1, -0.05) is 110 Å². The van der Waals surface area contributed by atoms with Gasteiger partial charge in [0.25, 0.3) is 0 Å². The first-order chi connectivity index (χ1) is 13.6. The van der Waals surface area contributed by atoms with Crippen molar-refractivity contribution in [3.8, 4) is 0 Å². The van der Waals surface area contributed by atoms with E-state index < -0.39 is 9.14 Å². The molecule has 28 heavy (non-hydrogen) atoms. The van der Waals surface area contributed by atoms with Crippen LogP contribution in [0, 0.1) is 0 Å². The molecule has 0 N–H and O–H groups in total. The third-order valence-corrected chi connectivity index (χ3v) is 6.56. The zero-order valence-electron chi connectivity index (χ0n) is 19.8. The highest BCUT2D eigenvalue weighted by Crippen LogP contribution is 2.13. The summed E-state index contributed by atoms with van der Waals surface area (Å²) in [5.41, 5.74) is 0. The molecule has 0 aromatic carbocycles. The van der Waals surface area contributed by atoms with Crippen LogP contribution in [0.15, 0.2) is 0 Å². The molecule has 3 nitrogen and oxygen atoms in total. The van der Waals surface area contributed by atoms with Gasteiger partial charge in [-0.3, -0.25) is 0 Å². The van der Waals surface area contributed by atoms with E-state index in [9.17, 15) is 4.11 Å². The van der Waals surface area contributed by atoms with Gasteiger partial charge in [-0.05, 0) is 20.8 Å². The lowest BCUT2D eigenvalue weighted by molar-refractivity contribution is 0.0306. The van der Waals surface area contributed by atoms with Crippen LogP contribution in [-0.2, 0) is 13.3 Å². The number of unbranched alkanes of at least 4 members (excludes halogenated alkanes) is 14. The highest BCUT2D eigenvalue weighted by atomic mass is 28.4. The first kappa shape index (κ1) is 30.2. The molecular formula is C23H51FO3Si. The molecule has 172 valence electrons. The van der Waals surface area contributed by atoms with Crippen LogP contribution in [0.1, 0.15) is 131 Å². The van der Waals surface area contributed by atoms with Gasteiger partial charge in [0, 0.05) is 19.8 Å². The SMILES string of the molecule is CCCCCCCCCCCCCCCCC.CCO[Si](F)(OCC)OCC. The molecule has 0 rings (SSSR count). The van der Waals surface area contributed by atoms with E-state index in [2.05, 4.69) is 13.8 Å². The minimum Gasteiger partial charge on any atom is -0.348 e. The van der Waals surface area contributed by atoms with Crippen LogP contribution in [0.2, 0.25) is 0 Å². The molecule has 0 aromatic rings. The topological polar surface area (TPSA) is 27.7 Å². The smallest absolute Gasteiger partial charge is 0.348 e. The minimum absolute atomic E-state index is 0.280. The Labute approximate surface area is 177 Å². The molecule has 0 aliphatic rings. The van der Waals surface area contributed by atoms with E-state index in [4.69, 9.17) is 13.3 Å². The lowest BCUT2D eigenvalue weighted by atomic mass is 10.0. The Morgan fingerprint density at radius 2 is 0.643 bits per heavy atom. The van der Waals surface area contributed by atoms with Gasteiger partial charge < -0.3 is 13.3 Å². The van der Waals surface area contributed by atoms with Gasteiger partial charge in [0.2, 0.25) is 0 Å². The van der Waals surface area contributed by atoms with Crippen LogP contribution in [-0.4, -0.2) is 29.0 Å². The van der Waals surface area contributed by atoms with Crippen LogP contribution in [0.5, 0.6) is 0 Å². The monoisotopic (exact) mass is 422 g/mol. The maximum absolute atomic E-state index is 13.3. The first-order valence-corrected chi connectivity index (χ1v) is 13.8. The van der Waals surface area contributed by atoms with Gasteiger partial charge in [-0.15, -0.1) is 0 Å². The quantitative estimate of drug-likeness (QED) is 0.112. The molecule has 0 heterocycles. The summed E-state index contributed by atoms with van der Waals surface area (Å²) in [7, 11) is -3.75. The molecule has 0 spiro atoms. The number of hydrogen-bond acceptors (Lipinski definition) is 3. The highest BCUT2D eigenvalue weighted by molar-refractivity contribution is 6.52. The third kappa shape index (κ3) is 24.1. The van der Waals surface area contributed by atoms with E-state index in [0.29, 0.717) is 0 Å². The molecule has 0 bridgehead atoms. The third-order valence-electron chi connectivity index (χ3n) is 4.66. The Hall–Kier alpha value is 0.0269. The fraction of sp³-hybridized carbons (Fsp3) is 1.00. The zero-order valence-corrected chi connectivity index (χ0v) is 20.8. The van der Waals surface area contributed by atoms with Gasteiger partial charge in [0.15, 0.2) is 0 Å². The zero-order chi connectivity index (χ0) is 21.3. The van der Waals surface area contributed by atoms with E-state index >= 15 is 0 Å². The molecule has 0 aliphatic carbocycles.